The predicted octanol–water partition coefficient (Wildman–Crippen LogP) is 23.5. The standard InChI is InChI=1S/C46H30ClN3.C24H18BNO2.C22H14Cl2N2/c47-46-48-42(34-24-20-32(21-25-34)37-13-8-12-36(28-37)31-10-2-1-3-11-31)30-43(49-46)35-26-22-33(23-27-35)38-14-9-15-39(29-38)50-44-18-6-4-16-40(44)41-17-5-7-19-45(41)50;27-25(28)19-14-12-17(13-15-19)18-6-5-7-20(16-18)26-23-10-3-1-8-21(23)22-9-2-4-11-24(22)26;23-21-14-20(25-22(24)26-21)17-11-9-16(10-12-17)19-8-4-7-18(13-19)15-5-2-1-3-6-15/h1-30H;1-16,27-28H;1-14H. The van der Waals surface area contributed by atoms with Gasteiger partial charge in [0.05, 0.1) is 39.1 Å². The Kier molecular flexibility index (Phi) is 18.9. The highest BCUT2D eigenvalue weighted by Crippen LogP contribution is 2.38. The van der Waals surface area contributed by atoms with E-state index in [4.69, 9.17) is 34.8 Å². The van der Waals surface area contributed by atoms with E-state index in [2.05, 4.69) is 332 Å². The number of rotatable bonds is 12. The molecule has 18 rings (SSSR count). The number of aromatic nitrogens is 6. The Balaban J connectivity index is 0.000000131. The number of fused-ring (bicyclic) bond motifs is 6. The van der Waals surface area contributed by atoms with Crippen LogP contribution < -0.4 is 5.46 Å². The predicted molar refractivity (Wildman–Crippen MR) is 433 cm³/mol. The minimum absolute atomic E-state index is 0.145. The second-order valence-electron chi connectivity index (χ2n) is 25.2. The van der Waals surface area contributed by atoms with Crippen molar-refractivity contribution in [1.82, 2.24) is 29.1 Å². The summed E-state index contributed by atoms with van der Waals surface area (Å²) in [5.74, 6) is 0. The van der Waals surface area contributed by atoms with Crippen LogP contribution in [0, 0.1) is 0 Å². The largest absolute Gasteiger partial charge is 0.488 e. The number of hydrogen-bond donors (Lipinski definition) is 2. The molecule has 4 heterocycles. The van der Waals surface area contributed by atoms with Crippen molar-refractivity contribution in [1.29, 1.82) is 0 Å². The lowest BCUT2D eigenvalue weighted by atomic mass is 9.80. The molecule has 0 saturated heterocycles. The van der Waals surface area contributed by atoms with Crippen LogP contribution in [-0.4, -0.2) is 46.2 Å². The molecule has 0 saturated carbocycles. The third-order valence-electron chi connectivity index (χ3n) is 18.8. The Morgan fingerprint density at radius 3 is 0.817 bits per heavy atom. The molecule has 0 aliphatic heterocycles. The normalized spacial score (nSPS) is 11.1. The van der Waals surface area contributed by atoms with Crippen molar-refractivity contribution in [3.05, 3.63) is 380 Å². The Bertz CT molecular complexity index is 5980. The zero-order chi connectivity index (χ0) is 70.5. The molecule has 0 atom stereocenters. The van der Waals surface area contributed by atoms with Gasteiger partial charge in [-0.3, -0.25) is 0 Å². The van der Waals surface area contributed by atoms with E-state index in [9.17, 15) is 10.0 Å². The Morgan fingerprint density at radius 2 is 0.481 bits per heavy atom. The van der Waals surface area contributed by atoms with Gasteiger partial charge in [-0.15, -0.1) is 0 Å². The van der Waals surface area contributed by atoms with E-state index < -0.39 is 7.12 Å². The van der Waals surface area contributed by atoms with E-state index in [1.54, 1.807) is 18.2 Å². The van der Waals surface area contributed by atoms with E-state index in [-0.39, 0.29) is 10.6 Å². The van der Waals surface area contributed by atoms with Gasteiger partial charge >= 0.3 is 7.12 Å². The first kappa shape index (κ1) is 66.3. The molecule has 0 fully saturated rings. The summed E-state index contributed by atoms with van der Waals surface area (Å²) in [6.07, 6.45) is 0. The molecule has 12 heteroatoms. The maximum absolute atomic E-state index is 9.31. The third kappa shape index (κ3) is 14.1. The second-order valence-corrected chi connectivity index (χ2v) is 26.3. The fourth-order valence-corrected chi connectivity index (χ4v) is 14.3. The number of halogens is 3. The highest BCUT2D eigenvalue weighted by atomic mass is 35.5. The Hall–Kier alpha value is -12.3. The zero-order valence-corrected chi connectivity index (χ0v) is 58.2. The van der Waals surface area contributed by atoms with Gasteiger partial charge < -0.3 is 19.2 Å². The van der Waals surface area contributed by atoms with E-state index in [0.717, 1.165) is 78.4 Å². The topological polar surface area (TPSA) is 102 Å². The smallest absolute Gasteiger partial charge is 0.423 e. The minimum Gasteiger partial charge on any atom is -0.423 e. The molecule has 104 heavy (non-hydrogen) atoms. The fraction of sp³-hybridized carbons (Fsp3) is 0. The number of para-hydroxylation sites is 4. The van der Waals surface area contributed by atoms with Crippen molar-refractivity contribution in [2.24, 2.45) is 0 Å². The van der Waals surface area contributed by atoms with E-state index in [1.807, 2.05) is 42.5 Å². The van der Waals surface area contributed by atoms with E-state index >= 15 is 0 Å². The number of hydrogen-bond acceptors (Lipinski definition) is 6. The van der Waals surface area contributed by atoms with Gasteiger partial charge in [-0.2, -0.15) is 0 Å². The maximum atomic E-state index is 9.31. The van der Waals surface area contributed by atoms with Crippen molar-refractivity contribution >= 4 is 91.0 Å². The van der Waals surface area contributed by atoms with Gasteiger partial charge in [0.15, 0.2) is 0 Å². The van der Waals surface area contributed by atoms with Crippen LogP contribution in [0.2, 0.25) is 15.7 Å². The maximum Gasteiger partial charge on any atom is 0.488 e. The van der Waals surface area contributed by atoms with Crippen LogP contribution >= 0.6 is 34.8 Å². The van der Waals surface area contributed by atoms with Crippen LogP contribution in [0.3, 0.4) is 0 Å². The first-order chi connectivity index (χ1) is 51.1. The number of nitrogens with zero attached hydrogens (tertiary/aromatic N) is 6. The summed E-state index contributed by atoms with van der Waals surface area (Å²) >= 11 is 18.4. The van der Waals surface area contributed by atoms with Gasteiger partial charge in [0, 0.05) is 55.7 Å². The quantitative estimate of drug-likeness (QED) is 0.0718. The van der Waals surface area contributed by atoms with Gasteiger partial charge in [-0.25, -0.2) is 19.9 Å². The summed E-state index contributed by atoms with van der Waals surface area (Å²) in [5, 5.41) is 24.3. The molecule has 496 valence electrons. The highest BCUT2D eigenvalue weighted by Gasteiger charge is 2.17. The molecule has 8 nitrogen and oxygen atoms in total. The lowest BCUT2D eigenvalue weighted by Crippen LogP contribution is -2.29. The molecule has 14 aromatic carbocycles. The average Bonchev–Trinajstić information content (AvgIpc) is 1.60. The Labute approximate surface area is 617 Å². The van der Waals surface area contributed by atoms with Crippen LogP contribution in [0.15, 0.2) is 364 Å². The molecule has 0 radical (unpaired) electrons. The summed E-state index contributed by atoms with van der Waals surface area (Å²) in [7, 11) is -1.45. The molecule has 18 aromatic rings. The first-order valence-electron chi connectivity index (χ1n) is 34.1. The van der Waals surface area contributed by atoms with E-state index in [0.29, 0.717) is 16.3 Å². The van der Waals surface area contributed by atoms with Crippen LogP contribution in [0.4, 0.5) is 0 Å². The Morgan fingerprint density at radius 1 is 0.221 bits per heavy atom. The fourth-order valence-electron chi connectivity index (χ4n) is 13.7. The molecule has 2 N–H and O–H groups in total. The summed E-state index contributed by atoms with van der Waals surface area (Å²) in [6.45, 7) is 0. The lowest BCUT2D eigenvalue weighted by Gasteiger charge is -2.11. The van der Waals surface area contributed by atoms with Crippen molar-refractivity contribution in [2.45, 2.75) is 0 Å². The SMILES string of the molecule is Clc1cc(-c2ccc(-c3cccc(-c4ccccc4)c3)cc2)nc(Cl)n1.Clc1nc(-c2ccc(-c3cccc(-c4ccccc4)c3)cc2)cc(-c2ccc(-c3cccc(-n4c5ccccc5c5ccccc54)c3)cc2)n1.OB(O)c1ccc(-c2cccc(-n3c4ccccc4c4ccccc43)c2)cc1. The second kappa shape index (κ2) is 29.7. The molecule has 0 amide bonds. The van der Waals surface area contributed by atoms with Gasteiger partial charge in [0.25, 0.3) is 0 Å². The molecular weight excluding hydrogens is 1340 g/mol. The zero-order valence-electron chi connectivity index (χ0n) is 55.9. The number of benzene rings is 14. The minimum atomic E-state index is -1.45. The van der Waals surface area contributed by atoms with E-state index in [1.165, 1.54) is 71.4 Å². The van der Waals surface area contributed by atoms with Crippen molar-refractivity contribution in [3.8, 4) is 112 Å². The summed E-state index contributed by atoms with van der Waals surface area (Å²) < 4.78 is 4.64. The molecule has 0 aliphatic carbocycles. The summed E-state index contributed by atoms with van der Waals surface area (Å²) in [6, 6.07) is 125. The van der Waals surface area contributed by atoms with Crippen molar-refractivity contribution in [2.75, 3.05) is 0 Å². The van der Waals surface area contributed by atoms with Gasteiger partial charge in [0.1, 0.15) is 5.15 Å². The van der Waals surface area contributed by atoms with Gasteiger partial charge in [-0.05, 0) is 162 Å². The van der Waals surface area contributed by atoms with Crippen molar-refractivity contribution < 1.29 is 10.0 Å². The molecule has 4 aromatic heterocycles. The molecule has 0 spiro atoms. The molecular formula is C92H62BCl3N6O2. The summed E-state index contributed by atoms with van der Waals surface area (Å²) in [5.41, 5.74) is 26.5. The molecule has 0 unspecified atom stereocenters. The van der Waals surface area contributed by atoms with Crippen LogP contribution in [-0.2, 0) is 0 Å². The van der Waals surface area contributed by atoms with Crippen molar-refractivity contribution in [3.63, 3.8) is 0 Å². The highest BCUT2D eigenvalue weighted by molar-refractivity contribution is 6.58. The van der Waals surface area contributed by atoms with Gasteiger partial charge in [-0.1, -0.05) is 303 Å². The van der Waals surface area contributed by atoms with Crippen LogP contribution in [0.5, 0.6) is 0 Å². The van der Waals surface area contributed by atoms with Gasteiger partial charge in [0.2, 0.25) is 10.6 Å². The third-order valence-corrected chi connectivity index (χ3v) is 19.3. The summed E-state index contributed by atoms with van der Waals surface area (Å²) in [4.78, 5) is 17.3. The van der Waals surface area contributed by atoms with Crippen LogP contribution in [0.1, 0.15) is 0 Å². The average molecular weight is 1400 g/mol. The van der Waals surface area contributed by atoms with Crippen LogP contribution in [0.25, 0.3) is 156 Å². The lowest BCUT2D eigenvalue weighted by molar-refractivity contribution is 0.426. The molecule has 0 aliphatic rings. The first-order valence-corrected chi connectivity index (χ1v) is 35.2. The molecule has 0 bridgehead atoms. The monoisotopic (exact) mass is 1400 g/mol.